The van der Waals surface area contributed by atoms with E-state index in [1.165, 1.54) is 4.88 Å². The lowest BCUT2D eigenvalue weighted by atomic mass is 9.98. The van der Waals surface area contributed by atoms with Gasteiger partial charge >= 0.3 is 18.1 Å². The van der Waals surface area contributed by atoms with E-state index in [1.54, 1.807) is 16.2 Å². The number of aryl methyl sites for hydroxylation is 2. The number of carboxylic acids is 1. The lowest BCUT2D eigenvalue weighted by Gasteiger charge is -2.36. The van der Waals surface area contributed by atoms with Crippen molar-refractivity contribution in [1.82, 2.24) is 24.6 Å². The summed E-state index contributed by atoms with van der Waals surface area (Å²) in [6.45, 7) is 8.19. The highest BCUT2D eigenvalue weighted by Crippen LogP contribution is 2.39. The van der Waals surface area contributed by atoms with E-state index >= 15 is 0 Å². The minimum absolute atomic E-state index is 0.0236. The highest BCUT2D eigenvalue weighted by molar-refractivity contribution is 7.15. The van der Waals surface area contributed by atoms with E-state index in [9.17, 15) is 22.8 Å². The van der Waals surface area contributed by atoms with Gasteiger partial charge in [-0.15, -0.1) is 21.5 Å². The van der Waals surface area contributed by atoms with Gasteiger partial charge in [0.2, 0.25) is 0 Å². The quantitative estimate of drug-likeness (QED) is 0.367. The molecule has 242 valence electrons. The number of aliphatic imine (C=N–C) groups is 1. The predicted octanol–water partition coefficient (Wildman–Crippen LogP) is 3.06. The van der Waals surface area contributed by atoms with Gasteiger partial charge in [-0.25, -0.2) is 4.79 Å². The van der Waals surface area contributed by atoms with Crippen LogP contribution >= 0.6 is 11.3 Å². The highest BCUT2D eigenvalue weighted by Gasteiger charge is 2.38. The number of nitrogens with two attached hydrogens (primary N) is 1. The van der Waals surface area contributed by atoms with Crippen LogP contribution in [-0.4, -0.2) is 106 Å². The molecule has 4 heterocycles. The number of rotatable bonds is 7. The molecule has 0 radical (unpaired) electrons. The summed E-state index contributed by atoms with van der Waals surface area (Å²) in [5.74, 6) is -1.76. The average molecular weight is 650 g/mol. The molecule has 0 saturated carbocycles. The number of likely N-dealkylation sites (tertiary alicyclic amines) is 1. The van der Waals surface area contributed by atoms with Crippen molar-refractivity contribution in [3.63, 3.8) is 0 Å². The fourth-order valence-corrected chi connectivity index (χ4v) is 5.93. The van der Waals surface area contributed by atoms with E-state index in [-0.39, 0.29) is 24.3 Å². The maximum Gasteiger partial charge on any atom is 0.490 e. The topological polar surface area (TPSA) is 156 Å². The summed E-state index contributed by atoms with van der Waals surface area (Å²) >= 11 is 1.66. The van der Waals surface area contributed by atoms with E-state index in [2.05, 4.69) is 24.0 Å². The zero-order chi connectivity index (χ0) is 33.2. The fourth-order valence-electron chi connectivity index (χ4n) is 4.72. The predicted molar refractivity (Wildman–Crippen MR) is 160 cm³/mol. The van der Waals surface area contributed by atoms with Gasteiger partial charge in [0.05, 0.1) is 12.1 Å². The van der Waals surface area contributed by atoms with Crippen molar-refractivity contribution in [2.75, 3.05) is 40.3 Å². The largest absolute Gasteiger partial charge is 0.490 e. The third-order valence-corrected chi connectivity index (χ3v) is 8.44. The average Bonchev–Trinajstić information content (AvgIpc) is 3.42. The van der Waals surface area contributed by atoms with Gasteiger partial charge in [-0.1, -0.05) is 12.1 Å². The van der Waals surface area contributed by atoms with Gasteiger partial charge in [0.15, 0.2) is 5.82 Å². The molecule has 1 atom stereocenters. The molecule has 0 unspecified atom stereocenters. The first kappa shape index (κ1) is 33.7. The van der Waals surface area contributed by atoms with E-state index in [1.807, 2.05) is 54.8 Å². The van der Waals surface area contributed by atoms with Crippen molar-refractivity contribution in [3.8, 4) is 5.00 Å². The maximum atomic E-state index is 12.8. The highest BCUT2D eigenvalue weighted by atomic mass is 32.1. The minimum atomic E-state index is -5.08. The Labute approximate surface area is 261 Å². The van der Waals surface area contributed by atoms with Crippen LogP contribution in [0.5, 0.6) is 0 Å². The number of nitrogens with zero attached hydrogens (tertiary/aromatic N) is 6. The van der Waals surface area contributed by atoms with Crippen LogP contribution in [0.4, 0.5) is 13.2 Å². The number of carboxylic acid groups (broad SMARTS) is 1. The molecule has 12 nitrogen and oxygen atoms in total. The van der Waals surface area contributed by atoms with Crippen LogP contribution in [0.25, 0.3) is 5.00 Å². The SMILES string of the molecule is Cc1sc2c(c1C)C(c1ccc(C(=O)N3CC(N)C3)cc1)=N[C@@H](CC(=O)OCCN(C)C)c1nnc(C)n1-2.O=C(O)C(F)(F)F. The number of hydrogen-bond donors (Lipinski definition) is 2. The zero-order valence-electron chi connectivity index (χ0n) is 25.4. The van der Waals surface area contributed by atoms with Crippen LogP contribution in [0.3, 0.4) is 0 Å². The monoisotopic (exact) mass is 649 g/mol. The van der Waals surface area contributed by atoms with Gasteiger partial charge in [0.25, 0.3) is 5.91 Å². The summed E-state index contributed by atoms with van der Waals surface area (Å²) in [7, 11) is 3.86. The molecule has 2 aliphatic rings. The van der Waals surface area contributed by atoms with E-state index in [4.69, 9.17) is 25.4 Å². The van der Waals surface area contributed by atoms with Gasteiger partial charge in [0.1, 0.15) is 23.5 Å². The Balaban J connectivity index is 0.000000591. The number of benzene rings is 1. The van der Waals surface area contributed by atoms with Crippen LogP contribution in [0, 0.1) is 20.8 Å². The summed E-state index contributed by atoms with van der Waals surface area (Å²) in [5.41, 5.74) is 10.2. The Hall–Kier alpha value is -4.15. The number of hydrogen-bond acceptors (Lipinski definition) is 10. The Bertz CT molecular complexity index is 1610. The second-order valence-corrected chi connectivity index (χ2v) is 12.2. The van der Waals surface area contributed by atoms with E-state index in [0.29, 0.717) is 37.6 Å². The van der Waals surface area contributed by atoms with Gasteiger partial charge in [-0.05, 0) is 52.6 Å². The number of halogens is 3. The Morgan fingerprint density at radius 3 is 2.29 bits per heavy atom. The van der Waals surface area contributed by atoms with E-state index < -0.39 is 18.2 Å². The number of carbonyl (C=O) groups excluding carboxylic acids is 2. The molecule has 3 N–H and O–H groups in total. The van der Waals surface area contributed by atoms with Crippen molar-refractivity contribution in [2.24, 2.45) is 10.7 Å². The first-order valence-electron chi connectivity index (χ1n) is 13.9. The van der Waals surface area contributed by atoms with Crippen molar-refractivity contribution in [3.05, 3.63) is 63.0 Å². The summed E-state index contributed by atoms with van der Waals surface area (Å²) in [5, 5.41) is 16.9. The fraction of sp³-hybridized carbons (Fsp3) is 0.448. The first-order valence-corrected chi connectivity index (χ1v) is 14.8. The van der Waals surface area contributed by atoms with E-state index in [0.717, 1.165) is 33.2 Å². The molecule has 2 aromatic heterocycles. The van der Waals surface area contributed by atoms with Crippen LogP contribution in [0.15, 0.2) is 29.3 Å². The molecule has 1 fully saturated rings. The van der Waals surface area contributed by atoms with Gasteiger partial charge in [0, 0.05) is 47.2 Å². The Kier molecular flexibility index (Phi) is 10.1. The van der Waals surface area contributed by atoms with Crippen molar-refractivity contribution < 1.29 is 37.4 Å². The molecular weight excluding hydrogens is 615 g/mol. The summed E-state index contributed by atoms with van der Waals surface area (Å²) in [6, 6.07) is 7.00. The number of thiophene rings is 1. The zero-order valence-corrected chi connectivity index (χ0v) is 26.2. The number of fused-ring (bicyclic) bond motifs is 3. The number of aromatic nitrogens is 3. The van der Waals surface area contributed by atoms with Crippen LogP contribution in [0.2, 0.25) is 0 Å². The summed E-state index contributed by atoms with van der Waals surface area (Å²) < 4.78 is 39.2. The Morgan fingerprint density at radius 2 is 1.73 bits per heavy atom. The molecule has 0 aliphatic carbocycles. The molecule has 0 bridgehead atoms. The molecule has 1 saturated heterocycles. The molecule has 16 heteroatoms. The normalized spacial score (nSPS) is 16.1. The number of ether oxygens (including phenoxy) is 1. The molecule has 0 spiro atoms. The standard InChI is InChI=1S/C27H33N7O3S.C2HF3O2/c1-15-16(2)38-27-23(15)24(18-6-8-19(9-7-18)26(36)33-13-20(28)14-33)29-21(25-31-30-17(3)34(25)27)12-22(35)37-11-10-32(4)5;3-2(4,5)1(6)7/h6-9,20-21H,10-14,28H2,1-5H3;(H,6,7)/t21-;/m0./s1. The lowest BCUT2D eigenvalue weighted by Crippen LogP contribution is -2.57. The number of likely N-dealkylation sites (N-methyl/N-ethyl adjacent to an activating group) is 1. The maximum absolute atomic E-state index is 12.8. The van der Waals surface area contributed by atoms with Crippen molar-refractivity contribution >= 4 is 34.9 Å². The summed E-state index contributed by atoms with van der Waals surface area (Å²) in [4.78, 5) is 44.5. The third kappa shape index (κ3) is 7.57. The van der Waals surface area contributed by atoms with Crippen LogP contribution in [0.1, 0.15) is 56.0 Å². The van der Waals surface area contributed by atoms with Crippen molar-refractivity contribution in [1.29, 1.82) is 0 Å². The van der Waals surface area contributed by atoms with Crippen LogP contribution in [-0.2, 0) is 14.3 Å². The Morgan fingerprint density at radius 1 is 1.11 bits per heavy atom. The second-order valence-electron chi connectivity index (χ2n) is 11.0. The summed E-state index contributed by atoms with van der Waals surface area (Å²) in [6.07, 6.45) is -5.03. The molecule has 1 amide bonds. The number of esters is 1. The second kappa shape index (κ2) is 13.5. The van der Waals surface area contributed by atoms with Gasteiger partial charge < -0.3 is 25.4 Å². The molecule has 2 aliphatic heterocycles. The first-order chi connectivity index (χ1) is 21.1. The van der Waals surface area contributed by atoms with Crippen molar-refractivity contribution in [2.45, 2.75) is 45.5 Å². The molecule has 5 rings (SSSR count). The number of amides is 1. The van der Waals surface area contributed by atoms with Gasteiger partial charge in [-0.2, -0.15) is 13.2 Å². The minimum Gasteiger partial charge on any atom is -0.475 e. The molecule has 1 aromatic carbocycles. The smallest absolute Gasteiger partial charge is 0.475 e. The number of carbonyl (C=O) groups is 3. The molecule has 3 aromatic rings. The molecule has 45 heavy (non-hydrogen) atoms. The lowest BCUT2D eigenvalue weighted by molar-refractivity contribution is -0.192. The van der Waals surface area contributed by atoms with Crippen LogP contribution < -0.4 is 5.73 Å². The molecular formula is C29H34F3N7O5S. The number of aliphatic carboxylic acids is 1. The van der Waals surface area contributed by atoms with Gasteiger partial charge in [-0.3, -0.25) is 19.1 Å². The number of alkyl halides is 3. The third-order valence-electron chi connectivity index (χ3n) is 7.25.